The molecule has 0 bridgehead atoms. The fraction of sp³-hybridized carbons (Fsp3) is 0.533. The van der Waals surface area contributed by atoms with Crippen molar-refractivity contribution < 1.29 is 4.74 Å². The number of nitrogens with zero attached hydrogens (tertiary/aromatic N) is 4. The Morgan fingerprint density at radius 3 is 3.14 bits per heavy atom. The minimum Gasteiger partial charge on any atom is -0.492 e. The largest absolute Gasteiger partial charge is 0.492 e. The molecule has 0 spiro atoms. The lowest BCUT2D eigenvalue weighted by atomic mass is 10.1. The molecular weight excluding hydrogens is 266 g/mol. The standard InChI is InChI=1S/C15H21N5O/c1-3-21-14-6-12(7-16-9-14)8-17-13-4-5-15-19-18-11(2)20(15)10-13/h6-7,9,13,17H,3-5,8,10H2,1-2H3. The molecule has 0 radical (unpaired) electrons. The Morgan fingerprint density at radius 2 is 2.29 bits per heavy atom. The average molecular weight is 287 g/mol. The fourth-order valence-corrected chi connectivity index (χ4v) is 2.70. The molecule has 112 valence electrons. The summed E-state index contributed by atoms with van der Waals surface area (Å²) in [5.41, 5.74) is 1.15. The Kier molecular flexibility index (Phi) is 4.15. The van der Waals surface area contributed by atoms with Gasteiger partial charge in [0.15, 0.2) is 0 Å². The summed E-state index contributed by atoms with van der Waals surface area (Å²) in [4.78, 5) is 4.22. The Labute approximate surface area is 124 Å². The van der Waals surface area contributed by atoms with Crippen molar-refractivity contribution >= 4 is 0 Å². The summed E-state index contributed by atoms with van der Waals surface area (Å²) in [6.45, 7) is 6.39. The zero-order valence-electron chi connectivity index (χ0n) is 12.5. The van der Waals surface area contributed by atoms with Crippen molar-refractivity contribution in [2.24, 2.45) is 0 Å². The predicted molar refractivity (Wildman–Crippen MR) is 79.1 cm³/mol. The van der Waals surface area contributed by atoms with Gasteiger partial charge in [0.2, 0.25) is 0 Å². The van der Waals surface area contributed by atoms with E-state index in [9.17, 15) is 0 Å². The van der Waals surface area contributed by atoms with Gasteiger partial charge in [-0.15, -0.1) is 10.2 Å². The molecule has 0 aliphatic carbocycles. The number of hydrogen-bond donors (Lipinski definition) is 1. The van der Waals surface area contributed by atoms with E-state index >= 15 is 0 Å². The van der Waals surface area contributed by atoms with Crippen LogP contribution in [0.1, 0.15) is 30.6 Å². The Hall–Kier alpha value is -1.95. The molecule has 1 aliphatic heterocycles. The highest BCUT2D eigenvalue weighted by Crippen LogP contribution is 2.16. The fourth-order valence-electron chi connectivity index (χ4n) is 2.70. The van der Waals surface area contributed by atoms with Gasteiger partial charge in [-0.2, -0.15) is 0 Å². The maximum atomic E-state index is 5.48. The van der Waals surface area contributed by atoms with Crippen LogP contribution in [0.2, 0.25) is 0 Å². The number of hydrogen-bond acceptors (Lipinski definition) is 5. The molecule has 0 fully saturated rings. The third kappa shape index (κ3) is 3.21. The second kappa shape index (κ2) is 6.22. The number of nitrogens with one attached hydrogen (secondary N) is 1. The van der Waals surface area contributed by atoms with Gasteiger partial charge in [-0.05, 0) is 31.9 Å². The number of rotatable bonds is 5. The summed E-state index contributed by atoms with van der Waals surface area (Å²) in [6, 6.07) is 2.49. The van der Waals surface area contributed by atoms with E-state index in [0.29, 0.717) is 12.6 Å². The summed E-state index contributed by atoms with van der Waals surface area (Å²) in [7, 11) is 0. The summed E-state index contributed by atoms with van der Waals surface area (Å²) < 4.78 is 7.68. The van der Waals surface area contributed by atoms with Crippen LogP contribution in [-0.2, 0) is 19.5 Å². The molecule has 6 nitrogen and oxygen atoms in total. The van der Waals surface area contributed by atoms with Crippen molar-refractivity contribution in [2.75, 3.05) is 6.61 Å². The second-order valence-electron chi connectivity index (χ2n) is 5.35. The van der Waals surface area contributed by atoms with Crippen LogP contribution in [0, 0.1) is 6.92 Å². The van der Waals surface area contributed by atoms with Crippen molar-refractivity contribution in [1.29, 1.82) is 0 Å². The van der Waals surface area contributed by atoms with Crippen LogP contribution in [0.15, 0.2) is 18.5 Å². The van der Waals surface area contributed by atoms with Gasteiger partial charge in [0, 0.05) is 31.7 Å². The van der Waals surface area contributed by atoms with Crippen LogP contribution in [0.3, 0.4) is 0 Å². The van der Waals surface area contributed by atoms with E-state index in [2.05, 4.69) is 25.1 Å². The van der Waals surface area contributed by atoms with E-state index in [1.54, 1.807) is 6.20 Å². The highest BCUT2D eigenvalue weighted by Gasteiger charge is 2.20. The maximum Gasteiger partial charge on any atom is 0.137 e. The highest BCUT2D eigenvalue weighted by atomic mass is 16.5. The minimum atomic E-state index is 0.447. The number of aryl methyl sites for hydroxylation is 2. The van der Waals surface area contributed by atoms with Gasteiger partial charge in [0.05, 0.1) is 12.8 Å². The quantitative estimate of drug-likeness (QED) is 0.902. The van der Waals surface area contributed by atoms with Crippen LogP contribution in [-0.4, -0.2) is 32.4 Å². The molecule has 1 aliphatic rings. The smallest absolute Gasteiger partial charge is 0.137 e. The molecule has 3 rings (SSSR count). The zero-order valence-corrected chi connectivity index (χ0v) is 12.5. The van der Waals surface area contributed by atoms with Crippen molar-refractivity contribution in [1.82, 2.24) is 25.1 Å². The van der Waals surface area contributed by atoms with Crippen LogP contribution < -0.4 is 10.1 Å². The molecular formula is C15H21N5O. The topological polar surface area (TPSA) is 64.9 Å². The number of pyridine rings is 1. The molecule has 2 aromatic rings. The SMILES string of the molecule is CCOc1cncc(CNC2CCc3nnc(C)n3C2)c1. The number of aromatic nitrogens is 4. The molecule has 0 saturated heterocycles. The first-order valence-electron chi connectivity index (χ1n) is 7.45. The summed E-state index contributed by atoms with van der Waals surface area (Å²) in [6.07, 6.45) is 5.71. The Bertz CT molecular complexity index is 610. The highest BCUT2D eigenvalue weighted by molar-refractivity contribution is 5.23. The lowest BCUT2D eigenvalue weighted by molar-refractivity contribution is 0.337. The van der Waals surface area contributed by atoms with Gasteiger partial charge in [-0.3, -0.25) is 4.98 Å². The van der Waals surface area contributed by atoms with E-state index in [1.807, 2.05) is 26.1 Å². The first kappa shape index (κ1) is 14.0. The third-order valence-electron chi connectivity index (χ3n) is 3.81. The van der Waals surface area contributed by atoms with E-state index < -0.39 is 0 Å². The monoisotopic (exact) mass is 287 g/mol. The van der Waals surface area contributed by atoms with Crippen LogP contribution in [0.4, 0.5) is 0 Å². The third-order valence-corrected chi connectivity index (χ3v) is 3.81. The van der Waals surface area contributed by atoms with Gasteiger partial charge in [-0.1, -0.05) is 0 Å². The van der Waals surface area contributed by atoms with Crippen molar-refractivity contribution in [3.63, 3.8) is 0 Å². The first-order chi connectivity index (χ1) is 10.3. The summed E-state index contributed by atoms with van der Waals surface area (Å²) in [5.74, 6) is 2.93. The lowest BCUT2D eigenvalue weighted by Crippen LogP contribution is -2.37. The zero-order chi connectivity index (χ0) is 14.7. The number of ether oxygens (including phenoxy) is 1. The maximum absolute atomic E-state index is 5.48. The summed E-state index contributed by atoms with van der Waals surface area (Å²) in [5, 5.41) is 11.9. The molecule has 1 atom stereocenters. The van der Waals surface area contributed by atoms with Crippen molar-refractivity contribution in [3.8, 4) is 5.75 Å². The van der Waals surface area contributed by atoms with E-state index in [-0.39, 0.29) is 0 Å². The Balaban J connectivity index is 1.59. The molecule has 2 aromatic heterocycles. The molecule has 1 unspecified atom stereocenters. The first-order valence-corrected chi connectivity index (χ1v) is 7.45. The molecule has 1 N–H and O–H groups in total. The normalized spacial score (nSPS) is 17.5. The van der Waals surface area contributed by atoms with Gasteiger partial charge in [0.25, 0.3) is 0 Å². The van der Waals surface area contributed by atoms with E-state index in [0.717, 1.165) is 48.9 Å². The molecule has 21 heavy (non-hydrogen) atoms. The van der Waals surface area contributed by atoms with Crippen molar-refractivity contribution in [2.45, 2.75) is 45.8 Å². The Morgan fingerprint density at radius 1 is 1.38 bits per heavy atom. The minimum absolute atomic E-state index is 0.447. The molecule has 0 saturated carbocycles. The molecule has 0 amide bonds. The predicted octanol–water partition coefficient (Wildman–Crippen LogP) is 1.48. The van der Waals surface area contributed by atoms with E-state index in [4.69, 9.17) is 4.74 Å². The average Bonchev–Trinajstić information content (AvgIpc) is 2.87. The second-order valence-corrected chi connectivity index (χ2v) is 5.35. The van der Waals surface area contributed by atoms with Gasteiger partial charge in [0.1, 0.15) is 17.4 Å². The van der Waals surface area contributed by atoms with Crippen LogP contribution in [0.5, 0.6) is 5.75 Å². The van der Waals surface area contributed by atoms with E-state index in [1.165, 1.54) is 0 Å². The van der Waals surface area contributed by atoms with Gasteiger partial charge >= 0.3 is 0 Å². The molecule has 3 heterocycles. The van der Waals surface area contributed by atoms with Crippen LogP contribution in [0.25, 0.3) is 0 Å². The lowest BCUT2D eigenvalue weighted by Gasteiger charge is -2.25. The van der Waals surface area contributed by atoms with Gasteiger partial charge in [-0.25, -0.2) is 0 Å². The number of fused-ring (bicyclic) bond motifs is 1. The summed E-state index contributed by atoms with van der Waals surface area (Å²) >= 11 is 0. The molecule has 6 heteroatoms. The van der Waals surface area contributed by atoms with Crippen LogP contribution >= 0.6 is 0 Å². The van der Waals surface area contributed by atoms with Crippen molar-refractivity contribution in [3.05, 3.63) is 35.7 Å². The molecule has 0 aromatic carbocycles. The van der Waals surface area contributed by atoms with Gasteiger partial charge < -0.3 is 14.6 Å².